The number of aromatic carboxylic acids is 2. The molecule has 0 aromatic heterocycles. The lowest BCUT2D eigenvalue weighted by atomic mass is 10.2. The maximum Gasteiger partial charge on any atom is 0.335 e. The maximum atomic E-state index is 10.2. The topological polar surface area (TPSA) is 94.8 Å². The Morgan fingerprint density at radius 1 is 0.727 bits per heavy atom. The van der Waals surface area contributed by atoms with E-state index in [-0.39, 0.29) is 6.10 Å². The molecule has 0 spiro atoms. The van der Waals surface area contributed by atoms with Crippen LogP contribution in [-0.4, -0.2) is 33.4 Å². The van der Waals surface area contributed by atoms with E-state index < -0.39 is 11.9 Å². The molecule has 0 aliphatic heterocycles. The molecule has 5 nitrogen and oxygen atoms in total. The van der Waals surface area contributed by atoms with Crippen LogP contribution in [-0.2, 0) is 0 Å². The summed E-state index contributed by atoms with van der Waals surface area (Å²) in [7, 11) is 0. The fraction of sp³-hybridized carbons (Fsp3) is 0.176. The SMILES string of the molecule is CC(C)O.O=C(O)c1ccccc1.O=C(O)c1ccccc1. The van der Waals surface area contributed by atoms with Gasteiger partial charge in [-0.15, -0.1) is 0 Å². The summed E-state index contributed by atoms with van der Waals surface area (Å²) in [6, 6.07) is 16.6. The molecule has 0 saturated heterocycles. The number of benzene rings is 2. The van der Waals surface area contributed by atoms with Crippen molar-refractivity contribution in [1.29, 1.82) is 0 Å². The van der Waals surface area contributed by atoms with E-state index in [1.165, 1.54) is 0 Å². The Kier molecular flexibility index (Phi) is 9.71. The van der Waals surface area contributed by atoms with E-state index in [2.05, 4.69) is 0 Å². The van der Waals surface area contributed by atoms with Gasteiger partial charge in [-0.3, -0.25) is 0 Å². The standard InChI is InChI=1S/2C7H6O2.C3H8O/c2*8-7(9)6-4-2-1-3-5-6;1-3(2)4/h2*1-5H,(H,8,9);3-4H,1-2H3. The smallest absolute Gasteiger partial charge is 0.335 e. The van der Waals surface area contributed by atoms with Crippen LogP contribution in [0, 0.1) is 0 Å². The van der Waals surface area contributed by atoms with Crippen LogP contribution >= 0.6 is 0 Å². The highest BCUT2D eigenvalue weighted by atomic mass is 16.4. The van der Waals surface area contributed by atoms with Crippen LogP contribution in [0.15, 0.2) is 60.7 Å². The van der Waals surface area contributed by atoms with E-state index in [1.54, 1.807) is 74.5 Å². The zero-order valence-electron chi connectivity index (χ0n) is 12.5. The number of hydrogen-bond donors (Lipinski definition) is 3. The van der Waals surface area contributed by atoms with Crippen LogP contribution in [0.5, 0.6) is 0 Å². The number of carbonyl (C=O) groups is 2. The van der Waals surface area contributed by atoms with Crippen LogP contribution in [0.25, 0.3) is 0 Å². The third-order valence-electron chi connectivity index (χ3n) is 2.04. The summed E-state index contributed by atoms with van der Waals surface area (Å²) < 4.78 is 0. The molecule has 0 fully saturated rings. The molecule has 118 valence electrons. The fourth-order valence-corrected chi connectivity index (χ4v) is 1.16. The van der Waals surface area contributed by atoms with Crippen molar-refractivity contribution in [2.24, 2.45) is 0 Å². The molecule has 0 bridgehead atoms. The molecular formula is C17H20O5. The van der Waals surface area contributed by atoms with Gasteiger partial charge in [0.1, 0.15) is 0 Å². The normalized spacial score (nSPS) is 8.91. The van der Waals surface area contributed by atoms with Crippen molar-refractivity contribution < 1.29 is 24.9 Å². The third-order valence-corrected chi connectivity index (χ3v) is 2.04. The molecule has 0 radical (unpaired) electrons. The highest BCUT2D eigenvalue weighted by molar-refractivity contribution is 5.87. The minimum Gasteiger partial charge on any atom is -0.478 e. The van der Waals surface area contributed by atoms with E-state index >= 15 is 0 Å². The molecular weight excluding hydrogens is 284 g/mol. The Hall–Kier alpha value is -2.66. The monoisotopic (exact) mass is 304 g/mol. The summed E-state index contributed by atoms with van der Waals surface area (Å²) in [5, 5.41) is 24.8. The van der Waals surface area contributed by atoms with Gasteiger partial charge in [0.25, 0.3) is 0 Å². The molecule has 0 amide bonds. The molecule has 22 heavy (non-hydrogen) atoms. The third kappa shape index (κ3) is 10.2. The van der Waals surface area contributed by atoms with Gasteiger partial charge >= 0.3 is 11.9 Å². The van der Waals surface area contributed by atoms with E-state index in [4.69, 9.17) is 15.3 Å². The predicted octanol–water partition coefficient (Wildman–Crippen LogP) is 3.16. The lowest BCUT2D eigenvalue weighted by molar-refractivity contribution is 0.0686. The van der Waals surface area contributed by atoms with Crippen LogP contribution in [0.1, 0.15) is 34.6 Å². The van der Waals surface area contributed by atoms with Crippen LogP contribution in [0.4, 0.5) is 0 Å². The molecule has 0 saturated carbocycles. The number of aliphatic hydroxyl groups excluding tert-OH is 1. The maximum absolute atomic E-state index is 10.2. The van der Waals surface area contributed by atoms with Gasteiger partial charge in [-0.25, -0.2) is 9.59 Å². The second kappa shape index (κ2) is 11.0. The molecule has 0 aliphatic rings. The van der Waals surface area contributed by atoms with Crippen molar-refractivity contribution >= 4 is 11.9 Å². The summed E-state index contributed by atoms with van der Waals surface area (Å²) in [5.74, 6) is -1.76. The summed E-state index contributed by atoms with van der Waals surface area (Å²) in [5.41, 5.74) is 0.662. The van der Waals surface area contributed by atoms with Crippen molar-refractivity contribution in [3.63, 3.8) is 0 Å². The van der Waals surface area contributed by atoms with Gasteiger partial charge in [-0.1, -0.05) is 36.4 Å². The van der Waals surface area contributed by atoms with E-state index in [9.17, 15) is 9.59 Å². The Balaban J connectivity index is 0.000000326. The first-order valence-electron chi connectivity index (χ1n) is 6.59. The minimum atomic E-state index is -0.879. The lowest BCUT2D eigenvalue weighted by Gasteiger charge is -1.88. The summed E-state index contributed by atoms with van der Waals surface area (Å²) in [6.07, 6.45) is -0.167. The minimum absolute atomic E-state index is 0.167. The first kappa shape index (κ1) is 19.3. The largest absolute Gasteiger partial charge is 0.478 e. The molecule has 2 aromatic rings. The first-order valence-corrected chi connectivity index (χ1v) is 6.59. The molecule has 0 unspecified atom stereocenters. The van der Waals surface area contributed by atoms with Crippen LogP contribution in [0.3, 0.4) is 0 Å². The Bertz CT molecular complexity index is 498. The van der Waals surface area contributed by atoms with Crippen LogP contribution in [0.2, 0.25) is 0 Å². The van der Waals surface area contributed by atoms with Gasteiger partial charge < -0.3 is 15.3 Å². The van der Waals surface area contributed by atoms with Gasteiger partial charge in [0.2, 0.25) is 0 Å². The summed E-state index contributed by atoms with van der Waals surface area (Å²) in [6.45, 7) is 3.44. The van der Waals surface area contributed by atoms with Crippen molar-refractivity contribution in [2.75, 3.05) is 0 Å². The molecule has 5 heteroatoms. The van der Waals surface area contributed by atoms with E-state index in [0.717, 1.165) is 0 Å². The zero-order chi connectivity index (χ0) is 17.0. The van der Waals surface area contributed by atoms with Gasteiger partial charge in [0, 0.05) is 6.10 Å². The van der Waals surface area contributed by atoms with Crippen molar-refractivity contribution in [1.82, 2.24) is 0 Å². The molecule has 2 rings (SSSR count). The highest BCUT2D eigenvalue weighted by Crippen LogP contribution is 1.96. The van der Waals surface area contributed by atoms with Gasteiger partial charge in [0.15, 0.2) is 0 Å². The van der Waals surface area contributed by atoms with E-state index in [0.29, 0.717) is 11.1 Å². The van der Waals surface area contributed by atoms with Crippen LogP contribution < -0.4 is 0 Å². The first-order chi connectivity index (χ1) is 10.3. The molecule has 0 aliphatic carbocycles. The average Bonchev–Trinajstić information content (AvgIpc) is 2.49. The predicted molar refractivity (Wildman–Crippen MR) is 84.2 cm³/mol. The zero-order valence-corrected chi connectivity index (χ0v) is 12.5. The number of hydrogen-bond acceptors (Lipinski definition) is 3. The van der Waals surface area contributed by atoms with Crippen molar-refractivity contribution in [3.8, 4) is 0 Å². The highest BCUT2D eigenvalue weighted by Gasteiger charge is 1.97. The summed E-state index contributed by atoms with van der Waals surface area (Å²) in [4.78, 5) is 20.4. The number of carboxylic acid groups (broad SMARTS) is 2. The Morgan fingerprint density at radius 3 is 1.09 bits per heavy atom. The van der Waals surface area contributed by atoms with Crippen molar-refractivity contribution in [3.05, 3.63) is 71.8 Å². The molecule has 0 atom stereocenters. The quantitative estimate of drug-likeness (QED) is 0.792. The fourth-order valence-electron chi connectivity index (χ4n) is 1.16. The summed E-state index contributed by atoms with van der Waals surface area (Å²) >= 11 is 0. The molecule has 0 heterocycles. The lowest BCUT2D eigenvalue weighted by Crippen LogP contribution is -1.93. The van der Waals surface area contributed by atoms with E-state index in [1.807, 2.05) is 0 Å². The second-order valence-electron chi connectivity index (χ2n) is 4.44. The number of rotatable bonds is 2. The van der Waals surface area contributed by atoms with Gasteiger partial charge in [-0.05, 0) is 38.1 Å². The number of carboxylic acids is 2. The van der Waals surface area contributed by atoms with Crippen molar-refractivity contribution in [2.45, 2.75) is 20.0 Å². The average molecular weight is 304 g/mol. The molecule has 3 N–H and O–H groups in total. The Labute approximate surface area is 129 Å². The number of aliphatic hydroxyl groups is 1. The second-order valence-corrected chi connectivity index (χ2v) is 4.44. The molecule has 2 aromatic carbocycles. The van der Waals surface area contributed by atoms with Gasteiger partial charge in [-0.2, -0.15) is 0 Å². The Morgan fingerprint density at radius 2 is 0.955 bits per heavy atom. The van der Waals surface area contributed by atoms with Gasteiger partial charge in [0.05, 0.1) is 11.1 Å².